The van der Waals surface area contributed by atoms with E-state index in [1.807, 2.05) is 72.8 Å². The summed E-state index contributed by atoms with van der Waals surface area (Å²) in [6.45, 7) is 15.7. The fraction of sp³-hybridized carbons (Fsp3) is 0.324. The van der Waals surface area contributed by atoms with Crippen LogP contribution in [0.3, 0.4) is 0 Å². The average molecular weight is 583 g/mol. The lowest BCUT2D eigenvalue weighted by molar-refractivity contribution is -0.111. The van der Waals surface area contributed by atoms with Crippen molar-refractivity contribution >= 4 is 24.2 Å². The Morgan fingerprint density at radius 3 is 2.47 bits per heavy atom. The summed E-state index contributed by atoms with van der Waals surface area (Å²) in [5.41, 5.74) is 6.37. The van der Waals surface area contributed by atoms with E-state index in [4.69, 9.17) is 0 Å². The molecule has 3 amide bonds. The number of carbonyl (C=O) groups is 3. The van der Waals surface area contributed by atoms with E-state index in [-0.39, 0.29) is 30.0 Å². The molecular weight excluding hydrogens is 540 g/mol. The first kappa shape index (κ1) is 34.2. The Balaban J connectivity index is 2.55. The summed E-state index contributed by atoms with van der Waals surface area (Å²) < 4.78 is 0. The average Bonchev–Trinajstić information content (AvgIpc) is 2.96. The van der Waals surface area contributed by atoms with Crippen LogP contribution in [0.1, 0.15) is 71.6 Å². The molecule has 0 atom stereocenters. The zero-order chi connectivity index (χ0) is 32.1. The predicted octanol–water partition coefficient (Wildman–Crippen LogP) is 5.98. The second-order valence-corrected chi connectivity index (χ2v) is 10.4. The topological polar surface area (TPSA) is 127 Å². The Morgan fingerprint density at radius 2 is 1.88 bits per heavy atom. The molecule has 1 aliphatic rings. The normalized spacial score (nSPS) is 15.5. The van der Waals surface area contributed by atoms with Gasteiger partial charge in [0.05, 0.1) is 18.2 Å². The molecule has 0 saturated heterocycles. The number of hydrogen-bond acceptors (Lipinski definition) is 6. The second-order valence-electron chi connectivity index (χ2n) is 10.4. The number of carbonyl (C=O) groups excluding carboxylic acids is 3. The Hall–Kier alpha value is -4.97. The van der Waals surface area contributed by atoms with Crippen LogP contribution in [0.15, 0.2) is 93.5 Å². The molecule has 0 saturated carbocycles. The van der Waals surface area contributed by atoms with Gasteiger partial charge in [0.2, 0.25) is 18.2 Å². The summed E-state index contributed by atoms with van der Waals surface area (Å²) in [7, 11) is 0. The Labute approximate surface area is 255 Å². The molecule has 1 aromatic rings. The van der Waals surface area contributed by atoms with Gasteiger partial charge in [-0.1, -0.05) is 36.8 Å². The lowest BCUT2D eigenvalue weighted by atomic mass is 10.0. The standard InChI is InChI=1S/C34H42N6O3/c1-9-23(6)14-24(7)15-29(11-3)40(20-28-16-26(19-35)13-12-25(28)8)34(43)39-33(36-21-41)38-31-17-27(10-2)30(18-32(31)42)37-22(4)5/h10-18,21-22,37H,9,20H2,1-8H3,(H2,36,38,39,41,43)/b23-14+,24-15-,27-10-,29-11+. The molecule has 9 heteroatoms. The fourth-order valence-electron chi connectivity index (χ4n) is 4.23. The van der Waals surface area contributed by atoms with Gasteiger partial charge in [-0.05, 0) is 101 Å². The van der Waals surface area contributed by atoms with E-state index in [0.29, 0.717) is 23.4 Å². The smallest absolute Gasteiger partial charge is 0.328 e. The molecule has 0 bridgehead atoms. The quantitative estimate of drug-likeness (QED) is 0.135. The number of nitrogens with zero attached hydrogens (tertiary/aromatic N) is 3. The van der Waals surface area contributed by atoms with E-state index in [0.717, 1.165) is 28.7 Å². The van der Waals surface area contributed by atoms with Crippen molar-refractivity contribution in [3.8, 4) is 6.07 Å². The van der Waals surface area contributed by atoms with E-state index in [1.165, 1.54) is 16.5 Å². The minimum absolute atomic E-state index is 0.0540. The Morgan fingerprint density at radius 1 is 1.16 bits per heavy atom. The highest BCUT2D eigenvalue weighted by Crippen LogP contribution is 2.22. The second kappa shape index (κ2) is 16.5. The monoisotopic (exact) mass is 582 g/mol. The number of benzene rings is 1. The first-order valence-corrected chi connectivity index (χ1v) is 14.3. The fourth-order valence-corrected chi connectivity index (χ4v) is 4.23. The van der Waals surface area contributed by atoms with Crippen LogP contribution in [0.2, 0.25) is 0 Å². The number of guanidine groups is 1. The number of allylic oxidation sites excluding steroid dienone is 8. The van der Waals surface area contributed by atoms with Gasteiger partial charge in [-0.25, -0.2) is 9.79 Å². The molecule has 0 unspecified atom stereocenters. The zero-order valence-electron chi connectivity index (χ0n) is 26.3. The number of aryl methyl sites for hydroxylation is 1. The molecule has 0 heterocycles. The van der Waals surface area contributed by atoms with E-state index in [2.05, 4.69) is 40.0 Å². The van der Waals surface area contributed by atoms with Crippen molar-refractivity contribution in [3.05, 3.63) is 105 Å². The number of nitriles is 1. The van der Waals surface area contributed by atoms with Gasteiger partial charge in [-0.2, -0.15) is 5.26 Å². The molecule has 0 radical (unpaired) electrons. The molecule has 226 valence electrons. The van der Waals surface area contributed by atoms with Crippen molar-refractivity contribution in [3.63, 3.8) is 0 Å². The number of amides is 3. The van der Waals surface area contributed by atoms with E-state index in [1.54, 1.807) is 18.2 Å². The van der Waals surface area contributed by atoms with Crippen LogP contribution in [0.5, 0.6) is 0 Å². The molecule has 2 rings (SSSR count). The van der Waals surface area contributed by atoms with Crippen molar-refractivity contribution in [1.29, 1.82) is 5.26 Å². The third-order valence-electron chi connectivity index (χ3n) is 6.61. The van der Waals surface area contributed by atoms with Crippen LogP contribution >= 0.6 is 0 Å². The van der Waals surface area contributed by atoms with Crippen LogP contribution in [-0.4, -0.2) is 35.1 Å². The number of hydrogen-bond donors (Lipinski definition) is 3. The van der Waals surface area contributed by atoms with Gasteiger partial charge < -0.3 is 5.32 Å². The van der Waals surface area contributed by atoms with Crippen LogP contribution in [0.25, 0.3) is 0 Å². The van der Waals surface area contributed by atoms with Crippen LogP contribution in [-0.2, 0) is 16.1 Å². The van der Waals surface area contributed by atoms with Crippen LogP contribution in [0.4, 0.5) is 4.79 Å². The van der Waals surface area contributed by atoms with Crippen molar-refractivity contribution in [2.24, 2.45) is 4.99 Å². The molecule has 0 aromatic heterocycles. The SMILES string of the molecule is C/C=C1/C=C(N=C(NC=O)NC(=O)N(Cc2cc(C#N)ccc2C)C(/C=C(C)\C=C(/C)CC)=C/C)C(=O)C=C1NC(C)C. The van der Waals surface area contributed by atoms with Crippen molar-refractivity contribution in [2.75, 3.05) is 0 Å². The van der Waals surface area contributed by atoms with E-state index in [9.17, 15) is 19.6 Å². The third-order valence-corrected chi connectivity index (χ3v) is 6.61. The van der Waals surface area contributed by atoms with Gasteiger partial charge >= 0.3 is 6.03 Å². The third kappa shape index (κ3) is 10.1. The van der Waals surface area contributed by atoms with E-state index >= 15 is 0 Å². The molecule has 43 heavy (non-hydrogen) atoms. The number of nitrogens with one attached hydrogen (secondary N) is 3. The van der Waals surface area contributed by atoms with Gasteiger partial charge in [0.15, 0.2) is 0 Å². The molecule has 1 aromatic carbocycles. The van der Waals surface area contributed by atoms with Crippen molar-refractivity contribution in [1.82, 2.24) is 20.9 Å². The van der Waals surface area contributed by atoms with Gasteiger partial charge in [-0.3, -0.25) is 25.1 Å². The number of urea groups is 1. The largest absolute Gasteiger partial charge is 0.382 e. The minimum atomic E-state index is -0.587. The van der Waals surface area contributed by atoms with Gasteiger partial charge in [0, 0.05) is 23.5 Å². The molecule has 9 nitrogen and oxygen atoms in total. The molecule has 0 fully saturated rings. The summed E-state index contributed by atoms with van der Waals surface area (Å²) in [4.78, 5) is 44.1. The molecule has 0 aliphatic heterocycles. The maximum Gasteiger partial charge on any atom is 0.328 e. The van der Waals surface area contributed by atoms with Crippen molar-refractivity contribution in [2.45, 2.75) is 74.4 Å². The summed E-state index contributed by atoms with van der Waals surface area (Å²) >= 11 is 0. The first-order chi connectivity index (χ1) is 20.4. The first-order valence-electron chi connectivity index (χ1n) is 14.3. The van der Waals surface area contributed by atoms with Gasteiger partial charge in [0.1, 0.15) is 5.70 Å². The maximum absolute atomic E-state index is 13.9. The zero-order valence-corrected chi connectivity index (χ0v) is 26.3. The summed E-state index contributed by atoms with van der Waals surface area (Å²) in [6.07, 6.45) is 11.9. The predicted molar refractivity (Wildman–Crippen MR) is 171 cm³/mol. The van der Waals surface area contributed by atoms with Gasteiger partial charge in [0.25, 0.3) is 0 Å². The summed E-state index contributed by atoms with van der Waals surface area (Å²) in [6, 6.07) is 6.99. The summed E-state index contributed by atoms with van der Waals surface area (Å²) in [5.74, 6) is -0.575. The van der Waals surface area contributed by atoms with Crippen LogP contribution < -0.4 is 16.0 Å². The van der Waals surface area contributed by atoms with Gasteiger partial charge in [-0.15, -0.1) is 0 Å². The highest BCUT2D eigenvalue weighted by molar-refractivity contribution is 6.10. The highest BCUT2D eigenvalue weighted by atomic mass is 16.2. The molecule has 0 spiro atoms. The number of aliphatic imine (C=N–C) groups is 1. The van der Waals surface area contributed by atoms with Crippen LogP contribution in [0, 0.1) is 18.3 Å². The van der Waals surface area contributed by atoms with E-state index < -0.39 is 6.03 Å². The number of ketones is 1. The Kier molecular flexibility index (Phi) is 13.1. The molecule has 1 aliphatic carbocycles. The molecular formula is C34H42N6O3. The minimum Gasteiger partial charge on any atom is -0.382 e. The number of rotatable bonds is 10. The highest BCUT2D eigenvalue weighted by Gasteiger charge is 2.22. The Bertz CT molecular complexity index is 1500. The lowest BCUT2D eigenvalue weighted by Gasteiger charge is -2.26. The summed E-state index contributed by atoms with van der Waals surface area (Å²) in [5, 5.41) is 17.8. The van der Waals surface area contributed by atoms with Crippen molar-refractivity contribution < 1.29 is 14.4 Å². The maximum atomic E-state index is 13.9. The molecule has 3 N–H and O–H groups in total. The lowest BCUT2D eigenvalue weighted by Crippen LogP contribution is -2.47.